The smallest absolute Gasteiger partial charge is 0.135 e. The molecular formula is C13H12Br2N2O. The minimum atomic E-state index is 0.742. The molecule has 0 radical (unpaired) electrons. The second-order valence-corrected chi connectivity index (χ2v) is 5.38. The van der Waals surface area contributed by atoms with Crippen molar-refractivity contribution in [3.05, 3.63) is 51.2 Å². The number of aromatic nitrogens is 1. The monoisotopic (exact) mass is 370 g/mol. The van der Waals surface area contributed by atoms with Gasteiger partial charge in [-0.1, -0.05) is 0 Å². The van der Waals surface area contributed by atoms with Gasteiger partial charge >= 0.3 is 0 Å². The van der Waals surface area contributed by atoms with E-state index in [1.54, 1.807) is 19.5 Å². The molecule has 1 heterocycles. The van der Waals surface area contributed by atoms with Gasteiger partial charge in [0.2, 0.25) is 0 Å². The fourth-order valence-corrected chi connectivity index (χ4v) is 2.81. The van der Waals surface area contributed by atoms with Gasteiger partial charge in [-0.3, -0.25) is 4.98 Å². The topological polar surface area (TPSA) is 34.1 Å². The number of anilines is 1. The van der Waals surface area contributed by atoms with Gasteiger partial charge in [0, 0.05) is 29.5 Å². The molecule has 3 nitrogen and oxygen atoms in total. The van der Waals surface area contributed by atoms with E-state index in [1.165, 1.54) is 5.56 Å². The quantitative estimate of drug-likeness (QED) is 0.873. The van der Waals surface area contributed by atoms with Crippen LogP contribution in [0.3, 0.4) is 0 Å². The van der Waals surface area contributed by atoms with Gasteiger partial charge < -0.3 is 10.1 Å². The van der Waals surface area contributed by atoms with E-state index in [-0.39, 0.29) is 0 Å². The number of nitrogens with one attached hydrogen (secondary N) is 1. The molecular weight excluding hydrogens is 360 g/mol. The van der Waals surface area contributed by atoms with Crippen LogP contribution in [-0.4, -0.2) is 12.1 Å². The standard InChI is InChI=1S/C13H12Br2N2O/c1-18-13-7-12(10(14)6-11(13)15)17-8-9-2-4-16-5-3-9/h2-7,17H,8H2,1H3. The predicted octanol–water partition coefficient (Wildman–Crippen LogP) is 4.23. The first-order valence-electron chi connectivity index (χ1n) is 5.36. The number of hydrogen-bond donors (Lipinski definition) is 1. The van der Waals surface area contributed by atoms with Gasteiger partial charge in [0.15, 0.2) is 0 Å². The lowest BCUT2D eigenvalue weighted by atomic mass is 10.2. The van der Waals surface area contributed by atoms with E-state index in [0.717, 1.165) is 26.9 Å². The molecule has 1 aromatic carbocycles. The highest BCUT2D eigenvalue weighted by Crippen LogP contribution is 2.34. The lowest BCUT2D eigenvalue weighted by Crippen LogP contribution is -2.00. The SMILES string of the molecule is COc1cc(NCc2ccncc2)c(Br)cc1Br. The van der Waals surface area contributed by atoms with Crippen molar-refractivity contribution < 1.29 is 4.74 Å². The maximum absolute atomic E-state index is 5.27. The van der Waals surface area contributed by atoms with Crippen molar-refractivity contribution in [2.75, 3.05) is 12.4 Å². The van der Waals surface area contributed by atoms with E-state index in [9.17, 15) is 0 Å². The Kier molecular flexibility index (Phi) is 4.60. The van der Waals surface area contributed by atoms with Gasteiger partial charge in [-0.05, 0) is 55.6 Å². The summed E-state index contributed by atoms with van der Waals surface area (Å²) in [5, 5.41) is 3.36. The van der Waals surface area contributed by atoms with Gasteiger partial charge in [0.05, 0.1) is 17.3 Å². The molecule has 0 fully saturated rings. The summed E-state index contributed by atoms with van der Waals surface area (Å²) >= 11 is 6.97. The van der Waals surface area contributed by atoms with E-state index in [0.29, 0.717) is 0 Å². The minimum absolute atomic E-state index is 0.742. The van der Waals surface area contributed by atoms with Crippen LogP contribution in [-0.2, 0) is 6.54 Å². The zero-order valence-electron chi connectivity index (χ0n) is 9.78. The molecule has 1 N–H and O–H groups in total. The third kappa shape index (κ3) is 3.23. The normalized spacial score (nSPS) is 10.2. The molecule has 5 heteroatoms. The number of benzene rings is 1. The van der Waals surface area contributed by atoms with Crippen molar-refractivity contribution in [3.63, 3.8) is 0 Å². The molecule has 0 saturated heterocycles. The molecule has 0 bridgehead atoms. The van der Waals surface area contributed by atoms with E-state index < -0.39 is 0 Å². The fraction of sp³-hybridized carbons (Fsp3) is 0.154. The van der Waals surface area contributed by atoms with E-state index in [1.807, 2.05) is 24.3 Å². The predicted molar refractivity (Wildman–Crippen MR) is 80.0 cm³/mol. The number of ether oxygens (including phenoxy) is 1. The average molecular weight is 372 g/mol. The van der Waals surface area contributed by atoms with Gasteiger partial charge in [0.1, 0.15) is 5.75 Å². The number of methoxy groups -OCH3 is 1. The molecule has 0 atom stereocenters. The lowest BCUT2D eigenvalue weighted by molar-refractivity contribution is 0.412. The van der Waals surface area contributed by atoms with Gasteiger partial charge in [0.25, 0.3) is 0 Å². The van der Waals surface area contributed by atoms with Crippen molar-refractivity contribution in [2.24, 2.45) is 0 Å². The first-order chi connectivity index (χ1) is 8.70. The molecule has 0 saturated carbocycles. The molecule has 1 aromatic heterocycles. The van der Waals surface area contributed by atoms with Gasteiger partial charge in [-0.25, -0.2) is 0 Å². The largest absolute Gasteiger partial charge is 0.495 e. The van der Waals surface area contributed by atoms with Gasteiger partial charge in [-0.2, -0.15) is 0 Å². The molecule has 0 aliphatic heterocycles. The van der Waals surface area contributed by atoms with Crippen LogP contribution in [0.15, 0.2) is 45.6 Å². The summed E-state index contributed by atoms with van der Waals surface area (Å²) in [6, 6.07) is 7.89. The van der Waals surface area contributed by atoms with Crippen LogP contribution in [0.25, 0.3) is 0 Å². The van der Waals surface area contributed by atoms with Crippen molar-refractivity contribution in [2.45, 2.75) is 6.54 Å². The maximum Gasteiger partial charge on any atom is 0.135 e. The van der Waals surface area contributed by atoms with E-state index >= 15 is 0 Å². The summed E-state index contributed by atoms with van der Waals surface area (Å²) in [5.74, 6) is 0.801. The Morgan fingerprint density at radius 3 is 2.56 bits per heavy atom. The zero-order valence-corrected chi connectivity index (χ0v) is 13.0. The number of rotatable bonds is 4. The number of nitrogens with zero attached hydrogens (tertiary/aromatic N) is 1. The molecule has 0 spiro atoms. The van der Waals surface area contributed by atoms with Crippen LogP contribution in [0.5, 0.6) is 5.75 Å². The second kappa shape index (κ2) is 6.20. The summed E-state index contributed by atoms with van der Waals surface area (Å²) in [6.07, 6.45) is 3.57. The number of hydrogen-bond acceptors (Lipinski definition) is 3. The van der Waals surface area contributed by atoms with Gasteiger partial charge in [-0.15, -0.1) is 0 Å². The molecule has 94 valence electrons. The van der Waals surface area contributed by atoms with Crippen LogP contribution in [0.4, 0.5) is 5.69 Å². The van der Waals surface area contributed by atoms with Crippen LogP contribution < -0.4 is 10.1 Å². The second-order valence-electron chi connectivity index (χ2n) is 3.68. The zero-order chi connectivity index (χ0) is 13.0. The molecule has 0 aliphatic rings. The number of halogens is 2. The molecule has 0 aliphatic carbocycles. The van der Waals surface area contributed by atoms with Crippen molar-refractivity contribution in [3.8, 4) is 5.75 Å². The minimum Gasteiger partial charge on any atom is -0.495 e. The Hall–Kier alpha value is -1.07. The van der Waals surface area contributed by atoms with Crippen LogP contribution in [0, 0.1) is 0 Å². The third-order valence-electron chi connectivity index (χ3n) is 2.47. The maximum atomic E-state index is 5.27. The highest BCUT2D eigenvalue weighted by Gasteiger charge is 2.06. The summed E-state index contributed by atoms with van der Waals surface area (Å²) in [6.45, 7) is 0.742. The Labute approximate surface area is 123 Å². The lowest BCUT2D eigenvalue weighted by Gasteiger charge is -2.11. The van der Waals surface area contributed by atoms with Crippen LogP contribution in [0.1, 0.15) is 5.56 Å². The Bertz CT molecular complexity index is 532. The molecule has 0 amide bonds. The highest BCUT2D eigenvalue weighted by molar-refractivity contribution is 9.11. The first kappa shape index (κ1) is 13.4. The summed E-state index contributed by atoms with van der Waals surface area (Å²) in [7, 11) is 1.65. The first-order valence-corrected chi connectivity index (χ1v) is 6.95. The van der Waals surface area contributed by atoms with Crippen molar-refractivity contribution in [1.29, 1.82) is 0 Å². The fourth-order valence-electron chi connectivity index (χ4n) is 1.52. The molecule has 2 aromatic rings. The van der Waals surface area contributed by atoms with Crippen molar-refractivity contribution >= 4 is 37.5 Å². The summed E-state index contributed by atoms with van der Waals surface area (Å²) in [5.41, 5.74) is 2.17. The summed E-state index contributed by atoms with van der Waals surface area (Å²) in [4.78, 5) is 3.99. The molecule has 2 rings (SSSR count). The Morgan fingerprint density at radius 2 is 1.89 bits per heavy atom. The average Bonchev–Trinajstić information content (AvgIpc) is 2.39. The number of pyridine rings is 1. The van der Waals surface area contributed by atoms with E-state index in [4.69, 9.17) is 4.74 Å². The summed E-state index contributed by atoms with van der Waals surface area (Å²) < 4.78 is 7.19. The highest BCUT2D eigenvalue weighted by atomic mass is 79.9. The Balaban J connectivity index is 2.14. The molecule has 18 heavy (non-hydrogen) atoms. The van der Waals surface area contributed by atoms with Crippen LogP contribution >= 0.6 is 31.9 Å². The molecule has 0 unspecified atom stereocenters. The Morgan fingerprint density at radius 1 is 1.17 bits per heavy atom. The van der Waals surface area contributed by atoms with E-state index in [2.05, 4.69) is 42.2 Å². The third-order valence-corrected chi connectivity index (χ3v) is 3.75. The van der Waals surface area contributed by atoms with Crippen LogP contribution in [0.2, 0.25) is 0 Å². The van der Waals surface area contributed by atoms with Crippen molar-refractivity contribution in [1.82, 2.24) is 4.98 Å².